The number of nitrogens with one attached hydrogen (secondary N) is 2. The number of hydrogen-bond donors (Lipinski definition) is 2. The number of aromatic amines is 1. The molecule has 0 radical (unpaired) electrons. The maximum Gasteiger partial charge on any atom is 0.224 e. The molecule has 6 heteroatoms. The summed E-state index contributed by atoms with van der Waals surface area (Å²) >= 11 is 1.58. The molecule has 5 nitrogen and oxygen atoms in total. The standard InChI is InChI=1S/C21H18N4OS/c1-22-17(26)13-14-7-9-16(10-8-14)20-24-18(15-5-3-2-4-6-15)19(25-20)21-23-11-12-27-21/h2-12H,13H2,1H3,(H,22,26)(H,24,25). The van der Waals surface area contributed by atoms with E-state index in [9.17, 15) is 4.79 Å². The predicted molar refractivity (Wildman–Crippen MR) is 108 cm³/mol. The van der Waals surface area contributed by atoms with Crippen LogP contribution in [0.5, 0.6) is 0 Å². The van der Waals surface area contributed by atoms with Crippen LogP contribution in [0.1, 0.15) is 5.56 Å². The Morgan fingerprint density at radius 1 is 1.07 bits per heavy atom. The second kappa shape index (κ2) is 7.55. The van der Waals surface area contributed by atoms with Gasteiger partial charge in [-0.05, 0) is 5.56 Å². The summed E-state index contributed by atoms with van der Waals surface area (Å²) in [6.07, 6.45) is 2.16. The third-order valence-corrected chi connectivity index (χ3v) is 5.06. The van der Waals surface area contributed by atoms with Crippen molar-refractivity contribution >= 4 is 17.2 Å². The zero-order valence-electron chi connectivity index (χ0n) is 14.8. The molecule has 0 saturated heterocycles. The highest BCUT2D eigenvalue weighted by atomic mass is 32.1. The summed E-state index contributed by atoms with van der Waals surface area (Å²) in [6, 6.07) is 18.0. The summed E-state index contributed by atoms with van der Waals surface area (Å²) in [5, 5.41) is 5.50. The zero-order chi connectivity index (χ0) is 18.6. The lowest BCUT2D eigenvalue weighted by molar-refractivity contribution is -0.119. The molecular weight excluding hydrogens is 356 g/mol. The van der Waals surface area contributed by atoms with Gasteiger partial charge in [0.05, 0.1) is 12.1 Å². The first-order chi connectivity index (χ1) is 13.2. The number of carbonyl (C=O) groups is 1. The largest absolute Gasteiger partial charge is 0.359 e. The van der Waals surface area contributed by atoms with E-state index in [1.165, 1.54) is 0 Å². The number of aromatic nitrogens is 3. The van der Waals surface area contributed by atoms with E-state index in [1.807, 2.05) is 60.0 Å². The van der Waals surface area contributed by atoms with Gasteiger partial charge < -0.3 is 10.3 Å². The number of thiazole rings is 1. The van der Waals surface area contributed by atoms with Crippen LogP contribution in [-0.4, -0.2) is 27.9 Å². The molecule has 27 heavy (non-hydrogen) atoms. The number of amides is 1. The first-order valence-corrected chi connectivity index (χ1v) is 9.48. The lowest BCUT2D eigenvalue weighted by atomic mass is 10.1. The molecule has 0 spiro atoms. The fraction of sp³-hybridized carbons (Fsp3) is 0.0952. The Morgan fingerprint density at radius 2 is 1.85 bits per heavy atom. The minimum Gasteiger partial charge on any atom is -0.359 e. The van der Waals surface area contributed by atoms with E-state index in [4.69, 9.17) is 4.98 Å². The fourth-order valence-electron chi connectivity index (χ4n) is 2.87. The minimum absolute atomic E-state index is 0.00170. The summed E-state index contributed by atoms with van der Waals surface area (Å²) in [6.45, 7) is 0. The van der Waals surface area contributed by atoms with E-state index < -0.39 is 0 Å². The van der Waals surface area contributed by atoms with Gasteiger partial charge in [0.25, 0.3) is 0 Å². The molecule has 4 aromatic rings. The van der Waals surface area contributed by atoms with Crippen LogP contribution in [0.15, 0.2) is 66.2 Å². The van der Waals surface area contributed by atoms with Gasteiger partial charge in [-0.1, -0.05) is 54.6 Å². The van der Waals surface area contributed by atoms with Crippen LogP contribution < -0.4 is 5.32 Å². The summed E-state index contributed by atoms with van der Waals surface area (Å²) in [5.41, 5.74) is 4.78. The molecule has 0 atom stereocenters. The maximum atomic E-state index is 11.5. The van der Waals surface area contributed by atoms with Crippen molar-refractivity contribution in [2.75, 3.05) is 7.05 Å². The predicted octanol–water partition coefficient (Wildman–Crippen LogP) is 4.16. The first-order valence-electron chi connectivity index (χ1n) is 8.60. The first kappa shape index (κ1) is 17.2. The smallest absolute Gasteiger partial charge is 0.224 e. The van der Waals surface area contributed by atoms with Gasteiger partial charge in [-0.2, -0.15) is 0 Å². The van der Waals surface area contributed by atoms with Crippen LogP contribution in [0, 0.1) is 0 Å². The number of nitrogens with zero attached hydrogens (tertiary/aromatic N) is 2. The van der Waals surface area contributed by atoms with Gasteiger partial charge >= 0.3 is 0 Å². The highest BCUT2D eigenvalue weighted by Crippen LogP contribution is 2.33. The number of imidazole rings is 1. The van der Waals surface area contributed by atoms with Crippen molar-refractivity contribution in [1.29, 1.82) is 0 Å². The Kier molecular flexibility index (Phi) is 4.80. The Hall–Kier alpha value is -3.25. The molecule has 0 saturated carbocycles. The van der Waals surface area contributed by atoms with Gasteiger partial charge in [0.15, 0.2) is 0 Å². The van der Waals surface area contributed by atoms with Crippen LogP contribution in [0.3, 0.4) is 0 Å². The normalized spacial score (nSPS) is 10.7. The highest BCUT2D eigenvalue weighted by Gasteiger charge is 2.16. The number of hydrogen-bond acceptors (Lipinski definition) is 4. The van der Waals surface area contributed by atoms with E-state index in [0.717, 1.165) is 38.9 Å². The SMILES string of the molecule is CNC(=O)Cc1ccc(-c2nc(-c3ccccc3)c(-c3nccs3)[nH]2)cc1. The topological polar surface area (TPSA) is 70.7 Å². The van der Waals surface area contributed by atoms with Crippen LogP contribution >= 0.6 is 11.3 Å². The molecule has 2 heterocycles. The highest BCUT2D eigenvalue weighted by molar-refractivity contribution is 7.13. The van der Waals surface area contributed by atoms with E-state index in [1.54, 1.807) is 24.6 Å². The molecule has 0 aliphatic rings. The lowest BCUT2D eigenvalue weighted by Crippen LogP contribution is -2.19. The van der Waals surface area contributed by atoms with Gasteiger partial charge in [0.2, 0.25) is 5.91 Å². The number of rotatable bonds is 5. The van der Waals surface area contributed by atoms with Crippen LogP contribution in [0.2, 0.25) is 0 Å². The van der Waals surface area contributed by atoms with Gasteiger partial charge in [0, 0.05) is 29.8 Å². The van der Waals surface area contributed by atoms with Crippen LogP contribution in [-0.2, 0) is 11.2 Å². The lowest BCUT2D eigenvalue weighted by Gasteiger charge is -2.02. The number of H-pyrrole nitrogens is 1. The Balaban J connectivity index is 1.73. The monoisotopic (exact) mass is 374 g/mol. The Morgan fingerprint density at radius 3 is 2.52 bits per heavy atom. The molecule has 2 N–H and O–H groups in total. The van der Waals surface area contributed by atoms with Crippen molar-refractivity contribution in [2.45, 2.75) is 6.42 Å². The minimum atomic E-state index is -0.00170. The fourth-order valence-corrected chi connectivity index (χ4v) is 3.51. The van der Waals surface area contributed by atoms with Crippen molar-refractivity contribution in [3.05, 3.63) is 71.7 Å². The van der Waals surface area contributed by atoms with Crippen LogP contribution in [0.4, 0.5) is 0 Å². The molecule has 0 unspecified atom stereocenters. The molecule has 2 aromatic carbocycles. The van der Waals surface area contributed by atoms with Crippen molar-refractivity contribution in [3.63, 3.8) is 0 Å². The summed E-state index contributed by atoms with van der Waals surface area (Å²) < 4.78 is 0. The van der Waals surface area contributed by atoms with E-state index in [2.05, 4.69) is 15.3 Å². The Bertz CT molecular complexity index is 1040. The summed E-state index contributed by atoms with van der Waals surface area (Å²) in [4.78, 5) is 24.2. The van der Waals surface area contributed by atoms with Gasteiger partial charge in [-0.15, -0.1) is 11.3 Å². The quantitative estimate of drug-likeness (QED) is 0.551. The average Bonchev–Trinajstić information content (AvgIpc) is 3.39. The van der Waals surface area contributed by atoms with Crippen molar-refractivity contribution < 1.29 is 4.79 Å². The molecule has 0 fully saturated rings. The van der Waals surface area contributed by atoms with Crippen LogP contribution in [0.25, 0.3) is 33.3 Å². The summed E-state index contributed by atoms with van der Waals surface area (Å²) in [7, 11) is 1.64. The second-order valence-electron chi connectivity index (χ2n) is 6.06. The molecule has 2 aromatic heterocycles. The molecule has 4 rings (SSSR count). The van der Waals surface area contributed by atoms with E-state index >= 15 is 0 Å². The second-order valence-corrected chi connectivity index (χ2v) is 6.95. The molecule has 134 valence electrons. The van der Waals surface area contributed by atoms with Crippen molar-refractivity contribution in [1.82, 2.24) is 20.3 Å². The number of likely N-dealkylation sites (N-methyl/N-ethyl adjacent to an activating group) is 1. The number of carbonyl (C=O) groups excluding carboxylic acids is 1. The molecule has 0 aliphatic carbocycles. The number of benzene rings is 2. The average molecular weight is 374 g/mol. The maximum absolute atomic E-state index is 11.5. The molecule has 0 bridgehead atoms. The van der Waals surface area contributed by atoms with E-state index in [-0.39, 0.29) is 5.91 Å². The molecule has 1 amide bonds. The zero-order valence-corrected chi connectivity index (χ0v) is 15.6. The Labute approximate surface area is 161 Å². The van der Waals surface area contributed by atoms with Crippen molar-refractivity contribution in [2.24, 2.45) is 0 Å². The third kappa shape index (κ3) is 3.66. The molecular formula is C21H18N4OS. The van der Waals surface area contributed by atoms with Gasteiger partial charge in [-0.25, -0.2) is 9.97 Å². The summed E-state index contributed by atoms with van der Waals surface area (Å²) in [5.74, 6) is 0.781. The van der Waals surface area contributed by atoms with Gasteiger partial charge in [-0.3, -0.25) is 4.79 Å². The van der Waals surface area contributed by atoms with E-state index in [0.29, 0.717) is 6.42 Å². The van der Waals surface area contributed by atoms with Crippen molar-refractivity contribution in [3.8, 4) is 33.3 Å². The molecule has 0 aliphatic heterocycles. The third-order valence-electron chi connectivity index (χ3n) is 4.27. The van der Waals surface area contributed by atoms with Gasteiger partial charge in [0.1, 0.15) is 16.5 Å².